The van der Waals surface area contributed by atoms with Gasteiger partial charge in [0.05, 0.1) is 11.4 Å². The van der Waals surface area contributed by atoms with Gasteiger partial charge in [0.25, 0.3) is 0 Å². The summed E-state index contributed by atoms with van der Waals surface area (Å²) in [4.78, 5) is 2.43. The van der Waals surface area contributed by atoms with Crippen molar-refractivity contribution in [3.8, 4) is 44.5 Å². The van der Waals surface area contributed by atoms with Gasteiger partial charge >= 0.3 is 0 Å². The molecule has 1 heterocycles. The SMILES string of the molecule is c1ccc(N2c3ccccc3-c3cccc4cc(-c5ccc6cc(-c7c8ccccc8c(-c8cccc9ccccc89)c8ccccc78)ccc6c5)cc2c34)cc1. The largest absolute Gasteiger partial charge is 0.309 e. The molecule has 57 heavy (non-hydrogen) atoms. The molecule has 1 nitrogen and oxygen atoms in total. The van der Waals surface area contributed by atoms with Crippen LogP contribution in [0.3, 0.4) is 0 Å². The van der Waals surface area contributed by atoms with E-state index in [9.17, 15) is 0 Å². The lowest BCUT2D eigenvalue weighted by Crippen LogP contribution is -2.15. The molecule has 11 aromatic carbocycles. The number of benzene rings is 11. The van der Waals surface area contributed by atoms with Crippen LogP contribution in [0.25, 0.3) is 98.4 Å². The third kappa shape index (κ3) is 4.89. The predicted molar refractivity (Wildman–Crippen MR) is 244 cm³/mol. The van der Waals surface area contributed by atoms with Crippen LogP contribution < -0.4 is 4.90 Å². The van der Waals surface area contributed by atoms with Crippen LogP contribution in [-0.2, 0) is 0 Å². The first kappa shape index (κ1) is 31.8. The van der Waals surface area contributed by atoms with Crippen LogP contribution >= 0.6 is 0 Å². The minimum Gasteiger partial charge on any atom is -0.309 e. The highest BCUT2D eigenvalue weighted by Crippen LogP contribution is 2.52. The zero-order chi connectivity index (χ0) is 37.5. The first-order chi connectivity index (χ1) is 28.3. The molecule has 0 saturated heterocycles. The first-order valence-electron chi connectivity index (χ1n) is 19.8. The van der Waals surface area contributed by atoms with Crippen LogP contribution in [-0.4, -0.2) is 0 Å². The maximum atomic E-state index is 2.43. The number of para-hydroxylation sites is 2. The van der Waals surface area contributed by atoms with E-state index < -0.39 is 0 Å². The van der Waals surface area contributed by atoms with Crippen molar-refractivity contribution in [2.45, 2.75) is 0 Å². The molecule has 12 rings (SSSR count). The van der Waals surface area contributed by atoms with Crippen molar-refractivity contribution in [2.24, 2.45) is 0 Å². The van der Waals surface area contributed by atoms with Crippen molar-refractivity contribution in [3.63, 3.8) is 0 Å². The maximum absolute atomic E-state index is 2.43. The van der Waals surface area contributed by atoms with Crippen molar-refractivity contribution in [1.29, 1.82) is 0 Å². The smallest absolute Gasteiger partial charge is 0.0552 e. The van der Waals surface area contributed by atoms with Gasteiger partial charge in [-0.1, -0.05) is 170 Å². The van der Waals surface area contributed by atoms with Gasteiger partial charge in [0.1, 0.15) is 0 Å². The Balaban J connectivity index is 1.02. The molecule has 1 aliphatic rings. The van der Waals surface area contributed by atoms with Gasteiger partial charge in [0, 0.05) is 16.6 Å². The number of hydrogen-bond donors (Lipinski definition) is 0. The molecule has 11 aromatic rings. The van der Waals surface area contributed by atoms with Crippen LogP contribution in [0.2, 0.25) is 0 Å². The molecule has 264 valence electrons. The zero-order valence-electron chi connectivity index (χ0n) is 31.2. The number of hydrogen-bond acceptors (Lipinski definition) is 1. The normalized spacial score (nSPS) is 12.2. The van der Waals surface area contributed by atoms with E-state index in [1.165, 1.54) is 110 Å². The van der Waals surface area contributed by atoms with Gasteiger partial charge in [-0.15, -0.1) is 0 Å². The fourth-order valence-electron chi connectivity index (χ4n) is 9.61. The van der Waals surface area contributed by atoms with Crippen LogP contribution in [0.15, 0.2) is 212 Å². The maximum Gasteiger partial charge on any atom is 0.0552 e. The Morgan fingerprint density at radius 2 is 0.789 bits per heavy atom. The second-order valence-electron chi connectivity index (χ2n) is 15.2. The Bertz CT molecular complexity index is 3350. The minimum absolute atomic E-state index is 1.16. The van der Waals surface area contributed by atoms with Crippen LogP contribution in [0.4, 0.5) is 17.1 Å². The first-order valence-corrected chi connectivity index (χ1v) is 19.8. The Hall–Kier alpha value is -7.48. The lowest BCUT2D eigenvalue weighted by molar-refractivity contribution is 1.28. The van der Waals surface area contributed by atoms with E-state index in [1.807, 2.05) is 0 Å². The quantitative estimate of drug-likeness (QED) is 0.164. The van der Waals surface area contributed by atoms with E-state index >= 15 is 0 Å². The van der Waals surface area contributed by atoms with Gasteiger partial charge in [-0.3, -0.25) is 0 Å². The van der Waals surface area contributed by atoms with E-state index in [0.717, 1.165) is 5.69 Å². The van der Waals surface area contributed by atoms with Gasteiger partial charge in [-0.25, -0.2) is 0 Å². The fourth-order valence-corrected chi connectivity index (χ4v) is 9.61. The Morgan fingerprint density at radius 3 is 1.54 bits per heavy atom. The van der Waals surface area contributed by atoms with Gasteiger partial charge < -0.3 is 4.90 Å². The second kappa shape index (κ2) is 12.5. The van der Waals surface area contributed by atoms with Gasteiger partial charge in [0.2, 0.25) is 0 Å². The van der Waals surface area contributed by atoms with Crippen molar-refractivity contribution in [2.75, 3.05) is 4.90 Å². The molecule has 0 aliphatic carbocycles. The summed E-state index contributed by atoms with van der Waals surface area (Å²) in [5, 5.41) is 12.6. The molecule has 0 radical (unpaired) electrons. The average Bonchev–Trinajstić information content (AvgIpc) is 3.28. The fraction of sp³-hybridized carbons (Fsp3) is 0. The summed E-state index contributed by atoms with van der Waals surface area (Å²) < 4.78 is 0. The second-order valence-corrected chi connectivity index (χ2v) is 15.2. The topological polar surface area (TPSA) is 3.24 Å². The molecule has 0 amide bonds. The molecule has 0 spiro atoms. The summed E-state index contributed by atoms with van der Waals surface area (Å²) in [6.07, 6.45) is 0. The summed E-state index contributed by atoms with van der Waals surface area (Å²) in [6.45, 7) is 0. The van der Waals surface area contributed by atoms with E-state index in [2.05, 4.69) is 217 Å². The highest BCUT2D eigenvalue weighted by atomic mass is 15.2. The number of rotatable bonds is 4. The standard InChI is InChI=1S/C56H35N/c1-2-17-43(18-3-1)57-52-27-11-10-20-45(52)47-26-13-16-40-34-42(35-53(57)55(40)47)39-29-28-38-33-41(31-30-37(38)32-39)54-48-21-6-8-23-50(48)56(51-24-9-7-22-49(51)54)46-25-12-15-36-14-4-5-19-44(36)46/h1-35H. The van der Waals surface area contributed by atoms with E-state index in [0.29, 0.717) is 0 Å². The van der Waals surface area contributed by atoms with E-state index in [4.69, 9.17) is 0 Å². The van der Waals surface area contributed by atoms with Crippen molar-refractivity contribution >= 4 is 70.9 Å². The molecule has 0 bridgehead atoms. The molecule has 0 fully saturated rings. The predicted octanol–water partition coefficient (Wildman–Crippen LogP) is 15.9. The van der Waals surface area contributed by atoms with E-state index in [1.54, 1.807) is 0 Å². The number of anilines is 3. The third-order valence-corrected chi connectivity index (χ3v) is 12.1. The molecule has 0 N–H and O–H groups in total. The van der Waals surface area contributed by atoms with Gasteiger partial charge in [0.15, 0.2) is 0 Å². The van der Waals surface area contributed by atoms with Crippen LogP contribution in [0, 0.1) is 0 Å². The third-order valence-electron chi connectivity index (χ3n) is 12.1. The molecule has 0 aromatic heterocycles. The van der Waals surface area contributed by atoms with Gasteiger partial charge in [-0.05, 0) is 130 Å². The molecule has 1 aliphatic heterocycles. The molecular weight excluding hydrogens is 687 g/mol. The summed E-state index contributed by atoms with van der Waals surface area (Å²) in [5.41, 5.74) is 13.6. The minimum atomic E-state index is 1.16. The number of fused-ring (bicyclic) bond motifs is 6. The monoisotopic (exact) mass is 721 g/mol. The highest BCUT2D eigenvalue weighted by Gasteiger charge is 2.26. The molecule has 0 atom stereocenters. The lowest BCUT2D eigenvalue weighted by Gasteiger charge is -2.34. The van der Waals surface area contributed by atoms with Crippen LogP contribution in [0.1, 0.15) is 0 Å². The summed E-state index contributed by atoms with van der Waals surface area (Å²) in [6, 6.07) is 78.3. The van der Waals surface area contributed by atoms with Crippen molar-refractivity contribution < 1.29 is 0 Å². The highest BCUT2D eigenvalue weighted by molar-refractivity contribution is 6.24. The summed E-state index contributed by atoms with van der Waals surface area (Å²) in [7, 11) is 0. The summed E-state index contributed by atoms with van der Waals surface area (Å²) in [5.74, 6) is 0. The zero-order valence-corrected chi connectivity index (χ0v) is 31.2. The van der Waals surface area contributed by atoms with Gasteiger partial charge in [-0.2, -0.15) is 0 Å². The van der Waals surface area contributed by atoms with Crippen molar-refractivity contribution in [3.05, 3.63) is 212 Å². The van der Waals surface area contributed by atoms with Crippen molar-refractivity contribution in [1.82, 2.24) is 0 Å². The van der Waals surface area contributed by atoms with E-state index in [-0.39, 0.29) is 0 Å². The Kier molecular flexibility index (Phi) is 7.00. The average molecular weight is 722 g/mol. The molecular formula is C56H35N. The molecule has 0 unspecified atom stereocenters. The Morgan fingerprint density at radius 1 is 0.263 bits per heavy atom. The Labute approximate surface area is 331 Å². The molecule has 1 heteroatoms. The lowest BCUT2D eigenvalue weighted by atomic mass is 9.84. The number of nitrogens with zero attached hydrogens (tertiary/aromatic N) is 1. The van der Waals surface area contributed by atoms with Crippen LogP contribution in [0.5, 0.6) is 0 Å². The molecule has 0 saturated carbocycles. The summed E-state index contributed by atoms with van der Waals surface area (Å²) >= 11 is 0.